The normalized spacial score (nSPS) is 19.0. The Balaban J connectivity index is 0.00000208. The lowest BCUT2D eigenvalue weighted by Crippen LogP contribution is -2.49. The molecule has 2 aromatic rings. The minimum absolute atomic E-state index is 0. The van der Waals surface area contributed by atoms with Gasteiger partial charge in [-0.1, -0.05) is 0 Å². The maximum absolute atomic E-state index is 14.0. The Bertz CT molecular complexity index is 828. The molecule has 10 heteroatoms. The van der Waals surface area contributed by atoms with Gasteiger partial charge in [0.2, 0.25) is 10.0 Å². The molecule has 1 unspecified atom stereocenters. The number of benzene rings is 1. The Morgan fingerprint density at radius 2 is 2.08 bits per heavy atom. The van der Waals surface area contributed by atoms with Crippen LogP contribution in [0.15, 0.2) is 35.5 Å². The first-order valence-electron chi connectivity index (χ1n) is 7.06. The van der Waals surface area contributed by atoms with Crippen LogP contribution in [0, 0.1) is 11.6 Å². The molecule has 6 nitrogen and oxygen atoms in total. The van der Waals surface area contributed by atoms with Crippen LogP contribution in [0.3, 0.4) is 0 Å². The maximum atomic E-state index is 14.0. The minimum Gasteiger partial charge on any atom is -0.337 e. The van der Waals surface area contributed by atoms with E-state index in [-0.39, 0.29) is 19.0 Å². The zero-order valence-electron chi connectivity index (χ0n) is 12.8. The average Bonchev–Trinajstić information content (AvgIpc) is 2.93. The third-order valence-electron chi connectivity index (χ3n) is 3.83. The van der Waals surface area contributed by atoms with Gasteiger partial charge < -0.3 is 9.88 Å². The molecule has 0 radical (unpaired) electrons. The number of hydrogen-bond acceptors (Lipinski definition) is 4. The topological polar surface area (TPSA) is 67.2 Å². The number of aromatic nitrogens is 2. The Kier molecular flexibility index (Phi) is 5.59. The highest BCUT2D eigenvalue weighted by Gasteiger charge is 2.37. The number of nitrogens with zero attached hydrogens (tertiary/aromatic N) is 3. The Morgan fingerprint density at radius 1 is 1.33 bits per heavy atom. The van der Waals surface area contributed by atoms with E-state index < -0.39 is 32.6 Å². The van der Waals surface area contributed by atoms with E-state index in [0.29, 0.717) is 25.0 Å². The highest BCUT2D eigenvalue weighted by Crippen LogP contribution is 2.29. The molecule has 0 spiro atoms. The second-order valence-corrected chi connectivity index (χ2v) is 7.17. The number of nitrogens with one attached hydrogen (secondary N) is 1. The minimum atomic E-state index is -4.10. The first-order chi connectivity index (χ1) is 10.9. The Morgan fingerprint density at radius 3 is 2.71 bits per heavy atom. The molecule has 1 aromatic carbocycles. The van der Waals surface area contributed by atoms with Gasteiger partial charge in [-0.15, -0.1) is 12.4 Å². The van der Waals surface area contributed by atoms with Crippen molar-refractivity contribution in [2.45, 2.75) is 10.9 Å². The fourth-order valence-electron chi connectivity index (χ4n) is 2.70. The molecule has 1 fully saturated rings. The number of hydrogen-bond donors (Lipinski definition) is 1. The number of halogens is 3. The number of piperazine rings is 1. The average molecular weight is 379 g/mol. The van der Waals surface area contributed by atoms with Crippen LogP contribution in [-0.4, -0.2) is 41.9 Å². The zero-order chi connectivity index (χ0) is 16.6. The van der Waals surface area contributed by atoms with Crippen LogP contribution < -0.4 is 5.32 Å². The highest BCUT2D eigenvalue weighted by atomic mass is 35.5. The van der Waals surface area contributed by atoms with Crippen LogP contribution in [0.2, 0.25) is 0 Å². The summed E-state index contributed by atoms with van der Waals surface area (Å²) in [5, 5.41) is 3.11. The molecule has 1 atom stereocenters. The van der Waals surface area contributed by atoms with Crippen molar-refractivity contribution in [1.82, 2.24) is 19.2 Å². The Labute approximate surface area is 145 Å². The molecule has 1 aromatic heterocycles. The van der Waals surface area contributed by atoms with Gasteiger partial charge in [0.1, 0.15) is 22.4 Å². The number of imidazole rings is 1. The largest absolute Gasteiger partial charge is 0.337 e. The molecule has 3 rings (SSSR count). The van der Waals surface area contributed by atoms with Crippen LogP contribution in [0.4, 0.5) is 8.78 Å². The summed E-state index contributed by atoms with van der Waals surface area (Å²) < 4.78 is 55.6. The highest BCUT2D eigenvalue weighted by molar-refractivity contribution is 7.89. The predicted octanol–water partition coefficient (Wildman–Crippen LogP) is 1.46. The molecule has 1 aliphatic rings. The zero-order valence-corrected chi connectivity index (χ0v) is 14.4. The fraction of sp³-hybridized carbons (Fsp3) is 0.357. The van der Waals surface area contributed by atoms with Gasteiger partial charge in [0.25, 0.3) is 0 Å². The second kappa shape index (κ2) is 7.14. The summed E-state index contributed by atoms with van der Waals surface area (Å²) in [7, 11) is -2.34. The molecular weight excluding hydrogens is 362 g/mol. The quantitative estimate of drug-likeness (QED) is 0.878. The van der Waals surface area contributed by atoms with Gasteiger partial charge in [-0.2, -0.15) is 4.31 Å². The molecular formula is C14H17ClF2N4O2S. The molecule has 132 valence electrons. The van der Waals surface area contributed by atoms with E-state index in [9.17, 15) is 17.2 Å². The van der Waals surface area contributed by atoms with E-state index in [1.165, 1.54) is 4.31 Å². The summed E-state index contributed by atoms with van der Waals surface area (Å²) in [6.07, 6.45) is 3.29. The third-order valence-corrected chi connectivity index (χ3v) is 5.77. The number of sulfonamides is 1. The summed E-state index contributed by atoms with van der Waals surface area (Å²) >= 11 is 0. The van der Waals surface area contributed by atoms with Crippen molar-refractivity contribution >= 4 is 22.4 Å². The standard InChI is InChI=1S/C14H16F2N4O2S.ClH/c1-19-6-5-18-14(19)12-9-17-4-7-20(12)23(21,22)13-3-2-10(15)8-11(13)16;/h2-3,5-6,8,12,17H,4,7,9H2,1H3;1H. The van der Waals surface area contributed by atoms with Crippen molar-refractivity contribution in [1.29, 1.82) is 0 Å². The van der Waals surface area contributed by atoms with Gasteiger partial charge in [0.15, 0.2) is 0 Å². The molecule has 0 saturated carbocycles. The van der Waals surface area contributed by atoms with Crippen molar-refractivity contribution in [3.8, 4) is 0 Å². The predicted molar refractivity (Wildman–Crippen MR) is 86.3 cm³/mol. The van der Waals surface area contributed by atoms with Crippen LogP contribution in [-0.2, 0) is 17.1 Å². The lowest BCUT2D eigenvalue weighted by atomic mass is 10.2. The summed E-state index contributed by atoms with van der Waals surface area (Å²) in [4.78, 5) is 3.67. The molecule has 0 aliphatic carbocycles. The van der Waals surface area contributed by atoms with Gasteiger partial charge in [-0.25, -0.2) is 22.2 Å². The van der Waals surface area contributed by atoms with Crippen molar-refractivity contribution in [3.63, 3.8) is 0 Å². The van der Waals surface area contributed by atoms with Gasteiger partial charge in [-0.05, 0) is 12.1 Å². The first kappa shape index (κ1) is 18.8. The van der Waals surface area contributed by atoms with Crippen LogP contribution in [0.1, 0.15) is 11.9 Å². The van der Waals surface area contributed by atoms with Crippen molar-refractivity contribution in [2.75, 3.05) is 19.6 Å². The number of rotatable bonds is 3. The van der Waals surface area contributed by atoms with Crippen molar-refractivity contribution in [2.24, 2.45) is 7.05 Å². The van der Waals surface area contributed by atoms with E-state index >= 15 is 0 Å². The molecule has 0 amide bonds. The van der Waals surface area contributed by atoms with E-state index in [4.69, 9.17) is 0 Å². The summed E-state index contributed by atoms with van der Waals surface area (Å²) in [6.45, 7) is 0.993. The first-order valence-corrected chi connectivity index (χ1v) is 8.50. The summed E-state index contributed by atoms with van der Waals surface area (Å²) in [5.41, 5.74) is 0. The lowest BCUT2D eigenvalue weighted by Gasteiger charge is -2.34. The van der Waals surface area contributed by atoms with E-state index in [0.717, 1.165) is 12.1 Å². The molecule has 2 heterocycles. The number of aryl methyl sites for hydroxylation is 1. The third kappa shape index (κ3) is 3.30. The lowest BCUT2D eigenvalue weighted by molar-refractivity contribution is 0.257. The molecule has 24 heavy (non-hydrogen) atoms. The SMILES string of the molecule is Cl.Cn1ccnc1C1CNCCN1S(=O)(=O)c1ccc(F)cc1F. The maximum Gasteiger partial charge on any atom is 0.246 e. The van der Waals surface area contributed by atoms with Gasteiger partial charge in [0.05, 0.1) is 6.04 Å². The molecule has 1 N–H and O–H groups in total. The smallest absolute Gasteiger partial charge is 0.246 e. The van der Waals surface area contributed by atoms with E-state index in [2.05, 4.69) is 10.3 Å². The summed E-state index contributed by atoms with van der Waals surface area (Å²) in [6, 6.07) is 1.91. The van der Waals surface area contributed by atoms with Crippen LogP contribution >= 0.6 is 12.4 Å². The van der Waals surface area contributed by atoms with Crippen LogP contribution in [0.25, 0.3) is 0 Å². The Hall–Kier alpha value is -1.55. The van der Waals surface area contributed by atoms with Gasteiger partial charge >= 0.3 is 0 Å². The second-order valence-electron chi connectivity index (χ2n) is 5.31. The van der Waals surface area contributed by atoms with Crippen molar-refractivity contribution in [3.05, 3.63) is 48.1 Å². The van der Waals surface area contributed by atoms with Crippen LogP contribution in [0.5, 0.6) is 0 Å². The van der Waals surface area contributed by atoms with Crippen molar-refractivity contribution < 1.29 is 17.2 Å². The fourth-order valence-corrected chi connectivity index (χ4v) is 4.34. The van der Waals surface area contributed by atoms with E-state index in [1.54, 1.807) is 24.0 Å². The monoisotopic (exact) mass is 378 g/mol. The molecule has 1 aliphatic heterocycles. The van der Waals surface area contributed by atoms with Gasteiger partial charge in [0, 0.05) is 45.1 Å². The van der Waals surface area contributed by atoms with Gasteiger partial charge in [-0.3, -0.25) is 0 Å². The summed E-state index contributed by atoms with van der Waals surface area (Å²) in [5.74, 6) is -1.35. The molecule has 0 bridgehead atoms. The van der Waals surface area contributed by atoms with E-state index in [1.807, 2.05) is 0 Å². The molecule has 1 saturated heterocycles.